The van der Waals surface area contributed by atoms with Crippen LogP contribution in [0.1, 0.15) is 57.6 Å². The Morgan fingerprint density at radius 1 is 1.00 bits per heavy atom. The number of rotatable bonds is 5. The number of hydrogen-bond acceptors (Lipinski definition) is 2. The molecule has 1 N–H and O–H groups in total. The molecule has 0 saturated heterocycles. The summed E-state index contributed by atoms with van der Waals surface area (Å²) in [5.41, 5.74) is 5.96. The zero-order valence-corrected chi connectivity index (χ0v) is 16.0. The standard InChI is InChI=1S/C20H25O3P/c1-6-15-8-9-17(24(22)23)19(16(15)7-2)20(21)18-13(4)10-12(3)11-14(18)5/h8-11,24H,6-7H2,1-5H3,(H,22,23). The third-order valence-electron chi connectivity index (χ3n) is 4.51. The first-order chi connectivity index (χ1) is 11.3. The lowest BCUT2D eigenvalue weighted by atomic mass is 9.88. The van der Waals surface area contributed by atoms with Gasteiger partial charge in [0.15, 0.2) is 5.78 Å². The van der Waals surface area contributed by atoms with E-state index in [1.807, 2.05) is 52.8 Å². The van der Waals surface area contributed by atoms with Gasteiger partial charge in [-0.15, -0.1) is 0 Å². The molecule has 0 aliphatic rings. The smallest absolute Gasteiger partial charge is 0.218 e. The summed E-state index contributed by atoms with van der Waals surface area (Å²) in [6.45, 7) is 9.86. The van der Waals surface area contributed by atoms with Crippen LogP contribution in [0.2, 0.25) is 0 Å². The van der Waals surface area contributed by atoms with Gasteiger partial charge in [-0.05, 0) is 61.9 Å². The Morgan fingerprint density at radius 3 is 2.04 bits per heavy atom. The van der Waals surface area contributed by atoms with Crippen LogP contribution in [0.25, 0.3) is 0 Å². The maximum atomic E-state index is 13.3. The first kappa shape index (κ1) is 18.6. The summed E-state index contributed by atoms with van der Waals surface area (Å²) in [4.78, 5) is 23.1. The van der Waals surface area contributed by atoms with Crippen molar-refractivity contribution >= 4 is 19.1 Å². The average Bonchev–Trinajstić information content (AvgIpc) is 2.51. The predicted octanol–water partition coefficient (Wildman–Crippen LogP) is 4.06. The van der Waals surface area contributed by atoms with Crippen LogP contribution in [0.5, 0.6) is 0 Å². The predicted molar refractivity (Wildman–Crippen MR) is 100 cm³/mol. The molecule has 0 aromatic heterocycles. The van der Waals surface area contributed by atoms with Gasteiger partial charge in [0.25, 0.3) is 0 Å². The number of aryl methyl sites for hydroxylation is 4. The van der Waals surface area contributed by atoms with E-state index in [0.717, 1.165) is 34.2 Å². The monoisotopic (exact) mass is 344 g/mol. The minimum Gasteiger partial charge on any atom is -0.343 e. The fraction of sp³-hybridized carbons (Fsp3) is 0.350. The highest BCUT2D eigenvalue weighted by molar-refractivity contribution is 7.47. The maximum Gasteiger partial charge on any atom is 0.218 e. The molecule has 4 heteroatoms. The van der Waals surface area contributed by atoms with Crippen molar-refractivity contribution in [3.05, 3.63) is 63.2 Å². The van der Waals surface area contributed by atoms with Crippen molar-refractivity contribution in [2.45, 2.75) is 47.5 Å². The van der Waals surface area contributed by atoms with E-state index in [9.17, 15) is 14.3 Å². The Morgan fingerprint density at radius 2 is 1.58 bits per heavy atom. The van der Waals surface area contributed by atoms with Crippen molar-refractivity contribution in [3.63, 3.8) is 0 Å². The van der Waals surface area contributed by atoms with E-state index in [0.29, 0.717) is 17.5 Å². The summed E-state index contributed by atoms with van der Waals surface area (Å²) in [5, 5.41) is 0.276. The SMILES string of the molecule is CCc1ccc([PH](=O)O)c(C(=O)c2c(C)cc(C)cc2C)c1CC. The molecule has 24 heavy (non-hydrogen) atoms. The van der Waals surface area contributed by atoms with Crippen LogP contribution in [0.15, 0.2) is 24.3 Å². The molecule has 0 amide bonds. The minimum absolute atomic E-state index is 0.139. The number of carbonyl (C=O) groups is 1. The molecule has 2 aromatic carbocycles. The van der Waals surface area contributed by atoms with E-state index < -0.39 is 8.03 Å². The normalized spacial score (nSPS) is 12.2. The Kier molecular flexibility index (Phi) is 5.79. The number of hydrogen-bond donors (Lipinski definition) is 1. The molecule has 0 radical (unpaired) electrons. The Hall–Kier alpha value is -1.70. The number of benzene rings is 2. The first-order valence-electron chi connectivity index (χ1n) is 8.32. The summed E-state index contributed by atoms with van der Waals surface area (Å²) in [6, 6.07) is 7.48. The minimum atomic E-state index is -2.95. The Bertz CT molecular complexity index is 799. The molecule has 0 spiro atoms. The fourth-order valence-electron chi connectivity index (χ4n) is 3.53. The molecule has 0 aliphatic heterocycles. The zero-order chi connectivity index (χ0) is 18.0. The topological polar surface area (TPSA) is 54.4 Å². The molecule has 1 atom stereocenters. The van der Waals surface area contributed by atoms with Gasteiger partial charge < -0.3 is 4.89 Å². The van der Waals surface area contributed by atoms with Gasteiger partial charge in [0.2, 0.25) is 8.03 Å². The Balaban J connectivity index is 2.80. The summed E-state index contributed by atoms with van der Waals surface area (Å²) in [5.74, 6) is -0.139. The van der Waals surface area contributed by atoms with Crippen molar-refractivity contribution in [1.82, 2.24) is 0 Å². The van der Waals surface area contributed by atoms with Gasteiger partial charge >= 0.3 is 0 Å². The van der Waals surface area contributed by atoms with E-state index in [2.05, 4.69) is 0 Å². The van der Waals surface area contributed by atoms with Crippen LogP contribution >= 0.6 is 8.03 Å². The molecule has 0 aliphatic carbocycles. The molecular weight excluding hydrogens is 319 g/mol. The maximum absolute atomic E-state index is 13.3. The molecule has 0 bridgehead atoms. The van der Waals surface area contributed by atoms with Crippen molar-refractivity contribution in [2.24, 2.45) is 0 Å². The van der Waals surface area contributed by atoms with Crippen molar-refractivity contribution < 1.29 is 14.3 Å². The van der Waals surface area contributed by atoms with Crippen LogP contribution in [0, 0.1) is 20.8 Å². The molecule has 0 heterocycles. The summed E-state index contributed by atoms with van der Waals surface area (Å²) >= 11 is 0. The second-order valence-electron chi connectivity index (χ2n) is 6.24. The number of ketones is 1. The van der Waals surface area contributed by atoms with Gasteiger partial charge in [-0.1, -0.05) is 37.6 Å². The molecule has 0 fully saturated rings. The third-order valence-corrected chi connectivity index (χ3v) is 5.38. The quantitative estimate of drug-likeness (QED) is 0.657. The molecule has 3 nitrogen and oxygen atoms in total. The van der Waals surface area contributed by atoms with Crippen LogP contribution < -0.4 is 5.30 Å². The zero-order valence-electron chi connectivity index (χ0n) is 15.0. The lowest BCUT2D eigenvalue weighted by molar-refractivity contribution is 0.103. The van der Waals surface area contributed by atoms with Gasteiger partial charge in [0.1, 0.15) is 0 Å². The third kappa shape index (κ3) is 3.38. The van der Waals surface area contributed by atoms with Crippen molar-refractivity contribution in [3.8, 4) is 0 Å². The van der Waals surface area contributed by atoms with Gasteiger partial charge in [0, 0.05) is 16.4 Å². The van der Waals surface area contributed by atoms with Gasteiger partial charge in [0.05, 0.1) is 0 Å². The molecular formula is C20H25O3P. The number of carbonyl (C=O) groups excluding carboxylic acids is 1. The highest BCUT2D eigenvalue weighted by Crippen LogP contribution is 2.28. The highest BCUT2D eigenvalue weighted by atomic mass is 31.1. The lowest BCUT2D eigenvalue weighted by Crippen LogP contribution is -2.20. The van der Waals surface area contributed by atoms with Gasteiger partial charge in [-0.2, -0.15) is 0 Å². The van der Waals surface area contributed by atoms with Gasteiger partial charge in [-0.3, -0.25) is 9.36 Å². The van der Waals surface area contributed by atoms with Gasteiger partial charge in [-0.25, -0.2) is 0 Å². The summed E-state index contributed by atoms with van der Waals surface area (Å²) < 4.78 is 11.9. The van der Waals surface area contributed by atoms with Crippen molar-refractivity contribution in [1.29, 1.82) is 0 Å². The van der Waals surface area contributed by atoms with Crippen LogP contribution in [0.4, 0.5) is 0 Å². The molecule has 2 aromatic rings. The van der Waals surface area contributed by atoms with Crippen LogP contribution in [-0.2, 0) is 17.4 Å². The summed E-state index contributed by atoms with van der Waals surface area (Å²) in [6.07, 6.45) is 1.46. The fourth-order valence-corrected chi connectivity index (χ4v) is 4.23. The first-order valence-corrected chi connectivity index (χ1v) is 9.67. The second-order valence-corrected chi connectivity index (χ2v) is 7.39. The molecule has 0 saturated carbocycles. The van der Waals surface area contributed by atoms with E-state index in [1.165, 1.54) is 0 Å². The molecule has 1 unspecified atom stereocenters. The second kappa shape index (κ2) is 7.46. The van der Waals surface area contributed by atoms with Crippen LogP contribution in [0.3, 0.4) is 0 Å². The summed E-state index contributed by atoms with van der Waals surface area (Å²) in [7, 11) is -2.95. The average molecular weight is 344 g/mol. The van der Waals surface area contributed by atoms with Crippen molar-refractivity contribution in [2.75, 3.05) is 0 Å². The lowest BCUT2D eigenvalue weighted by Gasteiger charge is -2.18. The van der Waals surface area contributed by atoms with E-state index >= 15 is 0 Å². The molecule has 128 valence electrons. The Labute approximate surface area is 144 Å². The largest absolute Gasteiger partial charge is 0.343 e. The van der Waals surface area contributed by atoms with Crippen LogP contribution in [-0.4, -0.2) is 10.7 Å². The van der Waals surface area contributed by atoms with E-state index in [4.69, 9.17) is 0 Å². The van der Waals surface area contributed by atoms with E-state index in [-0.39, 0.29) is 11.1 Å². The van der Waals surface area contributed by atoms with E-state index in [1.54, 1.807) is 6.07 Å². The molecule has 2 rings (SSSR count). The highest BCUT2D eigenvalue weighted by Gasteiger charge is 2.24.